The van der Waals surface area contributed by atoms with Crippen molar-refractivity contribution in [3.63, 3.8) is 0 Å². The van der Waals surface area contributed by atoms with Crippen LogP contribution in [-0.4, -0.2) is 42.9 Å². The summed E-state index contributed by atoms with van der Waals surface area (Å²) in [5, 5.41) is 17.4. The SMILES string of the molecule is CCN(CC)CCN/C=C(/C#N)C(=O)Nc1ccc(NC(C)=O)cc1. The molecule has 0 aliphatic heterocycles. The summed E-state index contributed by atoms with van der Waals surface area (Å²) in [5.74, 6) is -0.646. The second-order valence-electron chi connectivity index (χ2n) is 5.36. The van der Waals surface area contributed by atoms with Crippen molar-refractivity contribution in [1.29, 1.82) is 5.26 Å². The van der Waals surface area contributed by atoms with E-state index in [0.29, 0.717) is 17.9 Å². The Morgan fingerprint density at radius 1 is 1.12 bits per heavy atom. The van der Waals surface area contributed by atoms with E-state index in [4.69, 9.17) is 5.26 Å². The molecule has 0 unspecified atom stereocenters. The summed E-state index contributed by atoms with van der Waals surface area (Å²) in [7, 11) is 0. The van der Waals surface area contributed by atoms with Crippen LogP contribution in [0.2, 0.25) is 0 Å². The number of hydrogen-bond donors (Lipinski definition) is 3. The van der Waals surface area contributed by atoms with Gasteiger partial charge in [0.2, 0.25) is 5.91 Å². The third-order valence-electron chi connectivity index (χ3n) is 3.54. The van der Waals surface area contributed by atoms with Crippen LogP contribution in [0.4, 0.5) is 11.4 Å². The van der Waals surface area contributed by atoms with Crippen LogP contribution in [0.5, 0.6) is 0 Å². The second kappa shape index (κ2) is 10.8. The maximum atomic E-state index is 12.1. The minimum Gasteiger partial charge on any atom is -0.388 e. The largest absolute Gasteiger partial charge is 0.388 e. The summed E-state index contributed by atoms with van der Waals surface area (Å²) >= 11 is 0. The van der Waals surface area contributed by atoms with Crippen molar-refractivity contribution in [2.75, 3.05) is 36.8 Å². The molecular formula is C18H25N5O2. The first-order valence-electron chi connectivity index (χ1n) is 8.25. The van der Waals surface area contributed by atoms with Gasteiger partial charge in [0, 0.05) is 37.6 Å². The third kappa shape index (κ3) is 7.50. The molecule has 0 saturated heterocycles. The van der Waals surface area contributed by atoms with Gasteiger partial charge in [-0.25, -0.2) is 0 Å². The normalized spacial score (nSPS) is 10.9. The van der Waals surface area contributed by atoms with Crippen molar-refractivity contribution in [3.05, 3.63) is 36.0 Å². The number of hydrogen-bond acceptors (Lipinski definition) is 5. The summed E-state index contributed by atoms with van der Waals surface area (Å²) in [6.07, 6.45) is 1.44. The highest BCUT2D eigenvalue weighted by Crippen LogP contribution is 2.14. The lowest BCUT2D eigenvalue weighted by Crippen LogP contribution is -2.30. The zero-order chi connectivity index (χ0) is 18.7. The first-order chi connectivity index (χ1) is 12.0. The maximum absolute atomic E-state index is 12.1. The molecule has 0 atom stereocenters. The molecule has 0 spiro atoms. The number of nitrogens with one attached hydrogen (secondary N) is 3. The highest BCUT2D eigenvalue weighted by molar-refractivity contribution is 6.06. The van der Waals surface area contributed by atoms with Crippen LogP contribution in [-0.2, 0) is 9.59 Å². The maximum Gasteiger partial charge on any atom is 0.267 e. The summed E-state index contributed by atoms with van der Waals surface area (Å²) in [5.41, 5.74) is 1.19. The Morgan fingerprint density at radius 2 is 1.68 bits per heavy atom. The quantitative estimate of drug-likeness (QED) is 0.362. The predicted molar refractivity (Wildman–Crippen MR) is 98.9 cm³/mol. The highest BCUT2D eigenvalue weighted by Gasteiger charge is 2.09. The summed E-state index contributed by atoms with van der Waals surface area (Å²) in [4.78, 5) is 25.3. The molecule has 25 heavy (non-hydrogen) atoms. The Balaban J connectivity index is 2.56. The van der Waals surface area contributed by atoms with Crippen LogP contribution < -0.4 is 16.0 Å². The van der Waals surface area contributed by atoms with E-state index in [1.165, 1.54) is 13.1 Å². The van der Waals surface area contributed by atoms with Gasteiger partial charge in [-0.05, 0) is 37.4 Å². The van der Waals surface area contributed by atoms with Crippen LogP contribution in [0, 0.1) is 11.3 Å². The molecule has 3 N–H and O–H groups in total. The van der Waals surface area contributed by atoms with E-state index in [1.54, 1.807) is 24.3 Å². The summed E-state index contributed by atoms with van der Waals surface area (Å²) < 4.78 is 0. The summed E-state index contributed by atoms with van der Waals surface area (Å²) in [6, 6.07) is 8.56. The van der Waals surface area contributed by atoms with E-state index in [-0.39, 0.29) is 11.5 Å². The van der Waals surface area contributed by atoms with Crippen LogP contribution in [0.15, 0.2) is 36.0 Å². The van der Waals surface area contributed by atoms with Gasteiger partial charge < -0.3 is 20.9 Å². The standard InChI is InChI=1S/C18H25N5O2/c1-4-23(5-2)11-10-20-13-15(12-19)18(25)22-17-8-6-16(7-9-17)21-14(3)24/h6-9,13,20H,4-5,10-11H2,1-3H3,(H,21,24)(H,22,25)/b15-13-. The zero-order valence-corrected chi connectivity index (χ0v) is 14.9. The first kappa shape index (κ1) is 20.2. The average Bonchev–Trinajstić information content (AvgIpc) is 2.59. The van der Waals surface area contributed by atoms with Gasteiger partial charge in [0.05, 0.1) is 0 Å². The number of nitriles is 1. The molecule has 0 aliphatic rings. The molecule has 1 rings (SSSR count). The van der Waals surface area contributed by atoms with Crippen LogP contribution in [0.3, 0.4) is 0 Å². The van der Waals surface area contributed by atoms with E-state index in [0.717, 1.165) is 19.6 Å². The summed E-state index contributed by atoms with van der Waals surface area (Å²) in [6.45, 7) is 9.02. The van der Waals surface area contributed by atoms with Gasteiger partial charge in [-0.3, -0.25) is 9.59 Å². The molecule has 0 fully saturated rings. The van der Waals surface area contributed by atoms with Crippen LogP contribution in [0.1, 0.15) is 20.8 Å². The van der Waals surface area contributed by atoms with E-state index in [1.807, 2.05) is 6.07 Å². The number of nitrogens with zero attached hydrogens (tertiary/aromatic N) is 2. The highest BCUT2D eigenvalue weighted by atomic mass is 16.2. The molecule has 2 amide bonds. The van der Waals surface area contributed by atoms with E-state index in [9.17, 15) is 9.59 Å². The van der Waals surface area contributed by atoms with Crippen molar-refractivity contribution in [2.24, 2.45) is 0 Å². The number of amides is 2. The molecule has 134 valence electrons. The minimum absolute atomic E-state index is 0.00508. The first-order valence-corrected chi connectivity index (χ1v) is 8.25. The molecule has 1 aromatic rings. The van der Waals surface area contributed by atoms with Crippen molar-refractivity contribution in [1.82, 2.24) is 10.2 Å². The molecule has 7 heteroatoms. The molecule has 7 nitrogen and oxygen atoms in total. The molecule has 0 radical (unpaired) electrons. The molecular weight excluding hydrogens is 318 g/mol. The minimum atomic E-state index is -0.481. The van der Waals surface area contributed by atoms with Gasteiger partial charge in [0.1, 0.15) is 11.6 Å². The van der Waals surface area contributed by atoms with Crippen molar-refractivity contribution in [3.8, 4) is 6.07 Å². The Bertz CT molecular complexity index is 642. The van der Waals surface area contributed by atoms with E-state index >= 15 is 0 Å². The lowest BCUT2D eigenvalue weighted by atomic mass is 10.2. The third-order valence-corrected chi connectivity index (χ3v) is 3.54. The Labute approximate surface area is 148 Å². The van der Waals surface area contributed by atoms with E-state index in [2.05, 4.69) is 34.7 Å². The van der Waals surface area contributed by atoms with Gasteiger partial charge in [-0.15, -0.1) is 0 Å². The van der Waals surface area contributed by atoms with Gasteiger partial charge in [0.15, 0.2) is 0 Å². The number of benzene rings is 1. The fourth-order valence-corrected chi connectivity index (χ4v) is 2.12. The zero-order valence-electron chi connectivity index (χ0n) is 14.9. The lowest BCUT2D eigenvalue weighted by molar-refractivity contribution is -0.114. The van der Waals surface area contributed by atoms with Gasteiger partial charge in [0.25, 0.3) is 5.91 Å². The molecule has 0 aromatic heterocycles. The number of anilines is 2. The molecule has 0 aliphatic carbocycles. The van der Waals surface area contributed by atoms with Gasteiger partial charge in [-0.1, -0.05) is 13.8 Å². The number of likely N-dealkylation sites (N-methyl/N-ethyl adjacent to an activating group) is 1. The number of carbonyl (C=O) groups is 2. The average molecular weight is 343 g/mol. The van der Waals surface area contributed by atoms with Crippen LogP contribution in [0.25, 0.3) is 0 Å². The van der Waals surface area contributed by atoms with Gasteiger partial charge in [-0.2, -0.15) is 5.26 Å². The molecule has 0 heterocycles. The lowest BCUT2D eigenvalue weighted by Gasteiger charge is -2.17. The fraction of sp³-hybridized carbons (Fsp3) is 0.389. The van der Waals surface area contributed by atoms with Crippen LogP contribution >= 0.6 is 0 Å². The van der Waals surface area contributed by atoms with Crippen molar-refractivity contribution >= 4 is 23.2 Å². The molecule has 1 aromatic carbocycles. The smallest absolute Gasteiger partial charge is 0.267 e. The topological polar surface area (TPSA) is 97.3 Å². The van der Waals surface area contributed by atoms with Crippen molar-refractivity contribution in [2.45, 2.75) is 20.8 Å². The Hall–Kier alpha value is -2.85. The van der Waals surface area contributed by atoms with Crippen molar-refractivity contribution < 1.29 is 9.59 Å². The fourth-order valence-electron chi connectivity index (χ4n) is 2.12. The van der Waals surface area contributed by atoms with Gasteiger partial charge >= 0.3 is 0 Å². The number of rotatable bonds is 9. The predicted octanol–water partition coefficient (Wildman–Crippen LogP) is 1.92. The molecule has 0 bridgehead atoms. The Morgan fingerprint density at radius 3 is 2.16 bits per heavy atom. The number of carbonyl (C=O) groups excluding carboxylic acids is 2. The van der Waals surface area contributed by atoms with E-state index < -0.39 is 5.91 Å². The molecule has 0 saturated carbocycles. The second-order valence-corrected chi connectivity index (χ2v) is 5.36. The monoisotopic (exact) mass is 343 g/mol. The Kier molecular flexibility index (Phi) is 8.75.